The Kier molecular flexibility index (Phi) is 6.34. The van der Waals surface area contributed by atoms with Crippen molar-refractivity contribution in [3.8, 4) is 0 Å². The number of ether oxygens (including phenoxy) is 1. The molecule has 0 saturated heterocycles. The summed E-state index contributed by atoms with van der Waals surface area (Å²) in [5.74, 6) is 0. The molecule has 3 nitrogen and oxygen atoms in total. The lowest BCUT2D eigenvalue weighted by atomic mass is 10.1. The Hall–Kier alpha value is -0.120. The summed E-state index contributed by atoms with van der Waals surface area (Å²) < 4.78 is 5.30. The molecule has 0 aromatic heterocycles. The summed E-state index contributed by atoms with van der Waals surface area (Å²) in [4.78, 5) is 0. The molecule has 0 heterocycles. The molecule has 0 spiro atoms. The van der Waals surface area contributed by atoms with Crippen LogP contribution in [-0.2, 0) is 4.74 Å². The minimum absolute atomic E-state index is 0.228. The van der Waals surface area contributed by atoms with Crippen LogP contribution in [0.25, 0.3) is 0 Å². The van der Waals surface area contributed by atoms with Crippen LogP contribution in [0.2, 0.25) is 0 Å². The maximum Gasteiger partial charge on any atom is 0.0977 e. The van der Waals surface area contributed by atoms with Crippen LogP contribution in [0, 0.1) is 0 Å². The highest BCUT2D eigenvalue weighted by Gasteiger charge is 2.06. The molecule has 0 saturated carbocycles. The van der Waals surface area contributed by atoms with E-state index >= 15 is 0 Å². The van der Waals surface area contributed by atoms with Crippen molar-refractivity contribution in [2.75, 3.05) is 26.3 Å². The second kappa shape index (κ2) is 6.40. The normalized spacial score (nSPS) is 12.0. The van der Waals surface area contributed by atoms with Crippen LogP contribution in [0.5, 0.6) is 0 Å². The van der Waals surface area contributed by atoms with Gasteiger partial charge < -0.3 is 15.8 Å². The van der Waals surface area contributed by atoms with Gasteiger partial charge in [0.2, 0.25) is 0 Å². The molecule has 0 amide bonds. The van der Waals surface area contributed by atoms with Gasteiger partial charge in [-0.25, -0.2) is 0 Å². The van der Waals surface area contributed by atoms with Crippen LogP contribution < -0.4 is 11.1 Å². The van der Waals surface area contributed by atoms with E-state index in [2.05, 4.69) is 31.8 Å². The average Bonchev–Trinajstić information content (AvgIpc) is 1.94. The molecule has 0 radical (unpaired) electrons. The molecule has 0 aromatic carbocycles. The fourth-order valence-electron chi connectivity index (χ4n) is 0.842. The van der Waals surface area contributed by atoms with Crippen molar-refractivity contribution >= 4 is 0 Å². The predicted octanol–water partition coefficient (Wildman–Crippen LogP) is 0.0231. The highest BCUT2D eigenvalue weighted by molar-refractivity contribution is 4.69. The van der Waals surface area contributed by atoms with Crippen molar-refractivity contribution in [3.63, 3.8) is 0 Å². The Bertz CT molecular complexity index is 99.2. The van der Waals surface area contributed by atoms with Crippen molar-refractivity contribution in [2.24, 2.45) is 0 Å². The minimum atomic E-state index is 0.228. The van der Waals surface area contributed by atoms with Gasteiger partial charge in [0.1, 0.15) is 0 Å². The van der Waals surface area contributed by atoms with Gasteiger partial charge in [-0.3, -0.25) is 0 Å². The number of hydrogen-bond donors (Lipinski definition) is 2. The molecule has 0 unspecified atom stereocenters. The zero-order valence-corrected chi connectivity index (χ0v) is 8.65. The van der Waals surface area contributed by atoms with Gasteiger partial charge in [0.25, 0.3) is 0 Å². The molecule has 0 bridgehead atoms. The maximum absolute atomic E-state index is 5.30. The van der Waals surface area contributed by atoms with E-state index in [1.807, 2.05) is 0 Å². The van der Waals surface area contributed by atoms with Crippen LogP contribution in [0.3, 0.4) is 0 Å². The number of hydrogen-bond acceptors (Lipinski definition) is 2. The van der Waals surface area contributed by atoms with E-state index in [4.69, 9.17) is 4.74 Å². The van der Waals surface area contributed by atoms with Gasteiger partial charge in [-0.2, -0.15) is 0 Å². The Morgan fingerprint density at radius 3 is 2.42 bits per heavy atom. The fraction of sp³-hybridized carbons (Fsp3) is 1.00. The summed E-state index contributed by atoms with van der Waals surface area (Å²) in [6.45, 7) is 10.0. The number of nitrogens with one attached hydrogen (secondary N) is 1. The maximum atomic E-state index is 5.30. The highest BCUT2D eigenvalue weighted by atomic mass is 16.5. The predicted molar refractivity (Wildman–Crippen MR) is 50.9 cm³/mol. The summed E-state index contributed by atoms with van der Waals surface area (Å²) in [6, 6.07) is 0. The molecule has 0 aliphatic heterocycles. The van der Waals surface area contributed by atoms with Gasteiger partial charge in [0.05, 0.1) is 13.2 Å². The van der Waals surface area contributed by atoms with Crippen molar-refractivity contribution in [1.29, 1.82) is 0 Å². The lowest BCUT2D eigenvalue weighted by Gasteiger charge is -2.20. The van der Waals surface area contributed by atoms with Gasteiger partial charge in [-0.15, -0.1) is 0 Å². The summed E-state index contributed by atoms with van der Waals surface area (Å²) in [6.07, 6.45) is 1.08. The first-order chi connectivity index (χ1) is 5.56. The second-order valence-electron chi connectivity index (χ2n) is 4.00. The first kappa shape index (κ1) is 11.9. The van der Waals surface area contributed by atoms with Crippen molar-refractivity contribution in [1.82, 2.24) is 5.32 Å². The van der Waals surface area contributed by atoms with E-state index in [-0.39, 0.29) is 5.54 Å². The summed E-state index contributed by atoms with van der Waals surface area (Å²) >= 11 is 0. The molecule has 4 N–H and O–H groups in total. The Balaban J connectivity index is 3.01. The van der Waals surface area contributed by atoms with E-state index in [9.17, 15) is 0 Å². The van der Waals surface area contributed by atoms with E-state index in [1.165, 1.54) is 0 Å². The van der Waals surface area contributed by atoms with Gasteiger partial charge in [-0.05, 0) is 33.7 Å². The van der Waals surface area contributed by atoms with E-state index < -0.39 is 0 Å². The third kappa shape index (κ3) is 9.88. The summed E-state index contributed by atoms with van der Waals surface area (Å²) in [5, 5.41) is 3.40. The molecule has 0 atom stereocenters. The second-order valence-corrected chi connectivity index (χ2v) is 4.00. The monoisotopic (exact) mass is 175 g/mol. The topological polar surface area (TPSA) is 48.9 Å². The molecule has 0 aromatic rings. The third-order valence-electron chi connectivity index (χ3n) is 1.41. The zero-order chi connectivity index (χ0) is 9.45. The first-order valence-electron chi connectivity index (χ1n) is 4.68. The highest BCUT2D eigenvalue weighted by Crippen LogP contribution is 1.97. The Morgan fingerprint density at radius 2 is 1.92 bits per heavy atom. The number of quaternary nitrogens is 1. The van der Waals surface area contributed by atoms with Crippen LogP contribution in [0.4, 0.5) is 0 Å². The minimum Gasteiger partial charge on any atom is -0.376 e. The van der Waals surface area contributed by atoms with E-state index in [0.29, 0.717) is 0 Å². The Morgan fingerprint density at radius 1 is 1.25 bits per heavy atom. The lowest BCUT2D eigenvalue weighted by Crippen LogP contribution is -2.52. The van der Waals surface area contributed by atoms with Gasteiger partial charge in [-0.1, -0.05) is 0 Å². The molecule has 3 heteroatoms. The molecule has 74 valence electrons. The summed E-state index contributed by atoms with van der Waals surface area (Å²) in [5.41, 5.74) is 3.93. The molecule has 0 aliphatic carbocycles. The van der Waals surface area contributed by atoms with Crippen LogP contribution in [0.15, 0.2) is 0 Å². The molecular formula is C9H23N2O+. The van der Waals surface area contributed by atoms with Gasteiger partial charge in [0.15, 0.2) is 0 Å². The summed E-state index contributed by atoms with van der Waals surface area (Å²) in [7, 11) is 0. The van der Waals surface area contributed by atoms with E-state index in [0.717, 1.165) is 32.7 Å². The lowest BCUT2D eigenvalue weighted by molar-refractivity contribution is -0.374. The zero-order valence-electron chi connectivity index (χ0n) is 8.65. The standard InChI is InChI=1S/C9H22N2O/c1-9(2,3)11-6-4-7-12-8-5-10/h11H,4-8,10H2,1-3H3/p+1. The molecular weight excluding hydrogens is 152 g/mol. The Labute approximate surface area is 75.7 Å². The van der Waals surface area contributed by atoms with Gasteiger partial charge >= 0.3 is 0 Å². The van der Waals surface area contributed by atoms with Crippen molar-refractivity contribution in [2.45, 2.75) is 32.7 Å². The van der Waals surface area contributed by atoms with Crippen molar-refractivity contribution < 1.29 is 10.5 Å². The van der Waals surface area contributed by atoms with Crippen LogP contribution in [0.1, 0.15) is 27.2 Å². The molecule has 0 rings (SSSR count). The third-order valence-corrected chi connectivity index (χ3v) is 1.41. The number of rotatable bonds is 6. The molecule has 0 aliphatic rings. The largest absolute Gasteiger partial charge is 0.376 e. The van der Waals surface area contributed by atoms with Gasteiger partial charge in [0, 0.05) is 12.1 Å². The molecule has 12 heavy (non-hydrogen) atoms. The average molecular weight is 175 g/mol. The first-order valence-corrected chi connectivity index (χ1v) is 4.68. The SMILES string of the molecule is CC(C)(C)NCCCOCC[NH3+]. The van der Waals surface area contributed by atoms with Crippen LogP contribution >= 0.6 is 0 Å². The van der Waals surface area contributed by atoms with Crippen LogP contribution in [-0.4, -0.2) is 31.8 Å². The molecule has 0 fully saturated rings. The smallest absolute Gasteiger partial charge is 0.0977 e. The quantitative estimate of drug-likeness (QED) is 0.559. The van der Waals surface area contributed by atoms with Crippen molar-refractivity contribution in [3.05, 3.63) is 0 Å². The van der Waals surface area contributed by atoms with E-state index in [1.54, 1.807) is 0 Å². The fourth-order valence-corrected chi connectivity index (χ4v) is 0.842.